The van der Waals surface area contributed by atoms with Gasteiger partial charge in [-0.05, 0) is 75.0 Å². The number of carbonyl (C=O) groups excluding carboxylic acids is 2. The van der Waals surface area contributed by atoms with Crippen LogP contribution in [0, 0.1) is 0 Å². The van der Waals surface area contributed by atoms with Gasteiger partial charge in [-0.1, -0.05) is 12.1 Å². The first-order chi connectivity index (χ1) is 15.4. The predicted molar refractivity (Wildman–Crippen MR) is 128 cm³/mol. The SMILES string of the molecule is CCOC(=O)C1=C(C)N(CC)C(=S)NC1c1cccc(NC(=O)c2ccc(OC)cc2)c1. The lowest BCUT2D eigenvalue weighted by Gasteiger charge is -2.37. The summed E-state index contributed by atoms with van der Waals surface area (Å²) in [5.74, 6) is 0.0419. The number of esters is 1. The first-order valence-electron chi connectivity index (χ1n) is 10.4. The van der Waals surface area contributed by atoms with Crippen molar-refractivity contribution in [1.82, 2.24) is 10.2 Å². The number of rotatable bonds is 7. The zero-order valence-corrected chi connectivity index (χ0v) is 19.4. The highest BCUT2D eigenvalue weighted by Gasteiger charge is 2.34. The summed E-state index contributed by atoms with van der Waals surface area (Å²) in [5.41, 5.74) is 3.16. The minimum absolute atomic E-state index is 0.244. The summed E-state index contributed by atoms with van der Waals surface area (Å²) in [6.07, 6.45) is 0. The molecule has 0 bridgehead atoms. The molecular formula is C24H27N3O4S. The molecule has 0 aliphatic carbocycles. The van der Waals surface area contributed by atoms with E-state index >= 15 is 0 Å². The van der Waals surface area contributed by atoms with Gasteiger partial charge >= 0.3 is 5.97 Å². The van der Waals surface area contributed by atoms with Gasteiger partial charge in [-0.15, -0.1) is 0 Å². The van der Waals surface area contributed by atoms with Crippen molar-refractivity contribution in [3.8, 4) is 5.75 Å². The van der Waals surface area contributed by atoms with E-state index in [4.69, 9.17) is 21.7 Å². The average Bonchev–Trinajstić information content (AvgIpc) is 2.79. The maximum atomic E-state index is 12.8. The molecule has 1 amide bonds. The van der Waals surface area contributed by atoms with E-state index in [9.17, 15) is 9.59 Å². The molecule has 168 valence electrons. The largest absolute Gasteiger partial charge is 0.497 e. The third-order valence-corrected chi connectivity index (χ3v) is 5.58. The Morgan fingerprint density at radius 2 is 1.88 bits per heavy atom. The van der Waals surface area contributed by atoms with Crippen LogP contribution in [-0.2, 0) is 9.53 Å². The number of anilines is 1. The molecule has 1 aliphatic rings. The van der Waals surface area contributed by atoms with Gasteiger partial charge in [0, 0.05) is 23.5 Å². The fraction of sp³-hybridized carbons (Fsp3) is 0.292. The molecule has 0 saturated carbocycles. The molecule has 2 aromatic rings. The van der Waals surface area contributed by atoms with Gasteiger partial charge in [0.2, 0.25) is 0 Å². The highest BCUT2D eigenvalue weighted by Crippen LogP contribution is 2.32. The summed E-state index contributed by atoms with van der Waals surface area (Å²) >= 11 is 5.52. The maximum absolute atomic E-state index is 12.8. The Labute approximate surface area is 193 Å². The van der Waals surface area contributed by atoms with Crippen molar-refractivity contribution in [2.75, 3.05) is 25.6 Å². The van der Waals surface area contributed by atoms with E-state index in [1.165, 1.54) is 0 Å². The first-order valence-corrected chi connectivity index (χ1v) is 10.8. The Morgan fingerprint density at radius 3 is 2.50 bits per heavy atom. The molecule has 0 saturated heterocycles. The first kappa shape index (κ1) is 23.3. The predicted octanol–water partition coefficient (Wildman–Crippen LogP) is 4.04. The minimum Gasteiger partial charge on any atom is -0.497 e. The van der Waals surface area contributed by atoms with Gasteiger partial charge in [0.05, 0.1) is 25.3 Å². The lowest BCUT2D eigenvalue weighted by atomic mass is 9.94. The number of hydrogen-bond donors (Lipinski definition) is 2. The molecule has 8 heteroatoms. The van der Waals surface area contributed by atoms with E-state index in [2.05, 4.69) is 10.6 Å². The van der Waals surface area contributed by atoms with Crippen molar-refractivity contribution in [3.05, 3.63) is 70.9 Å². The number of ether oxygens (including phenoxy) is 2. The quantitative estimate of drug-likeness (QED) is 0.484. The molecule has 3 rings (SSSR count). The van der Waals surface area contributed by atoms with Crippen molar-refractivity contribution >= 4 is 34.9 Å². The number of nitrogens with one attached hydrogen (secondary N) is 2. The fourth-order valence-corrected chi connectivity index (χ4v) is 4.01. The normalized spacial score (nSPS) is 15.8. The molecule has 1 aliphatic heterocycles. The molecule has 1 atom stereocenters. The van der Waals surface area contributed by atoms with Crippen LogP contribution < -0.4 is 15.4 Å². The third kappa shape index (κ3) is 4.91. The highest BCUT2D eigenvalue weighted by molar-refractivity contribution is 7.80. The average molecular weight is 454 g/mol. The Bertz CT molecular complexity index is 1050. The molecule has 2 aromatic carbocycles. The lowest BCUT2D eigenvalue weighted by molar-refractivity contribution is -0.139. The Morgan fingerprint density at radius 1 is 1.16 bits per heavy atom. The van der Waals surface area contributed by atoms with Gasteiger partial charge in [0.25, 0.3) is 5.91 Å². The third-order valence-electron chi connectivity index (χ3n) is 5.24. The lowest BCUT2D eigenvalue weighted by Crippen LogP contribution is -2.47. The van der Waals surface area contributed by atoms with Gasteiger partial charge < -0.3 is 25.0 Å². The van der Waals surface area contributed by atoms with Crippen LogP contribution in [-0.4, -0.2) is 42.2 Å². The summed E-state index contributed by atoms with van der Waals surface area (Å²) in [6, 6.07) is 13.7. The van der Waals surface area contributed by atoms with Crippen molar-refractivity contribution in [3.63, 3.8) is 0 Å². The van der Waals surface area contributed by atoms with Crippen LogP contribution in [0.2, 0.25) is 0 Å². The second kappa shape index (κ2) is 10.3. The van der Waals surface area contributed by atoms with Gasteiger partial charge in [-0.2, -0.15) is 0 Å². The molecule has 0 aromatic heterocycles. The van der Waals surface area contributed by atoms with Crippen molar-refractivity contribution in [1.29, 1.82) is 0 Å². The molecule has 1 unspecified atom stereocenters. The number of methoxy groups -OCH3 is 1. The van der Waals surface area contributed by atoms with Crippen LogP contribution >= 0.6 is 12.2 Å². The topological polar surface area (TPSA) is 79.9 Å². The summed E-state index contributed by atoms with van der Waals surface area (Å²) in [5, 5.41) is 6.69. The van der Waals surface area contributed by atoms with Crippen LogP contribution in [0.4, 0.5) is 5.69 Å². The zero-order chi connectivity index (χ0) is 23.3. The molecule has 0 fully saturated rings. The Hall–Kier alpha value is -3.39. The Kier molecular flexibility index (Phi) is 7.48. The van der Waals surface area contributed by atoms with Gasteiger partial charge in [-0.25, -0.2) is 4.79 Å². The van der Waals surface area contributed by atoms with Gasteiger partial charge in [0.1, 0.15) is 5.75 Å². The van der Waals surface area contributed by atoms with E-state index in [0.717, 1.165) is 11.3 Å². The van der Waals surface area contributed by atoms with E-state index < -0.39 is 12.0 Å². The summed E-state index contributed by atoms with van der Waals surface area (Å²) in [7, 11) is 1.58. The molecule has 7 nitrogen and oxygen atoms in total. The summed E-state index contributed by atoms with van der Waals surface area (Å²) in [4.78, 5) is 27.3. The molecule has 0 radical (unpaired) electrons. The second-order valence-corrected chi connectivity index (χ2v) is 7.54. The number of carbonyl (C=O) groups is 2. The van der Waals surface area contributed by atoms with Crippen LogP contribution in [0.3, 0.4) is 0 Å². The Balaban J connectivity index is 1.90. The van der Waals surface area contributed by atoms with E-state index in [1.807, 2.05) is 36.9 Å². The van der Waals surface area contributed by atoms with Crippen LogP contribution in [0.5, 0.6) is 5.75 Å². The second-order valence-electron chi connectivity index (χ2n) is 7.15. The number of hydrogen-bond acceptors (Lipinski definition) is 5. The van der Waals surface area contributed by atoms with Crippen molar-refractivity contribution in [2.24, 2.45) is 0 Å². The maximum Gasteiger partial charge on any atom is 0.338 e. The van der Waals surface area contributed by atoms with E-state index in [0.29, 0.717) is 34.2 Å². The van der Waals surface area contributed by atoms with E-state index in [-0.39, 0.29) is 12.5 Å². The zero-order valence-electron chi connectivity index (χ0n) is 18.6. The van der Waals surface area contributed by atoms with Gasteiger partial charge in [-0.3, -0.25) is 4.79 Å². The van der Waals surface area contributed by atoms with Crippen LogP contribution in [0.15, 0.2) is 59.8 Å². The number of amides is 1. The van der Waals surface area contributed by atoms with Crippen LogP contribution in [0.1, 0.15) is 42.7 Å². The number of nitrogens with zero attached hydrogens (tertiary/aromatic N) is 1. The van der Waals surface area contributed by atoms with Crippen molar-refractivity contribution in [2.45, 2.75) is 26.8 Å². The monoisotopic (exact) mass is 453 g/mol. The molecule has 32 heavy (non-hydrogen) atoms. The minimum atomic E-state index is -0.484. The summed E-state index contributed by atoms with van der Waals surface area (Å²) in [6.45, 7) is 6.51. The van der Waals surface area contributed by atoms with Gasteiger partial charge in [0.15, 0.2) is 5.11 Å². The van der Waals surface area contributed by atoms with Crippen molar-refractivity contribution < 1.29 is 19.1 Å². The molecule has 2 N–H and O–H groups in total. The highest BCUT2D eigenvalue weighted by atomic mass is 32.1. The number of allylic oxidation sites excluding steroid dienone is 1. The smallest absolute Gasteiger partial charge is 0.338 e. The molecule has 0 spiro atoms. The molecular weight excluding hydrogens is 426 g/mol. The fourth-order valence-electron chi connectivity index (χ4n) is 3.63. The van der Waals surface area contributed by atoms with E-state index in [1.54, 1.807) is 44.4 Å². The standard InChI is InChI=1S/C24H27N3O4S/c1-5-27-15(3)20(23(29)31-6-2)21(26-24(27)32)17-8-7-9-18(14-17)25-22(28)16-10-12-19(30-4)13-11-16/h7-14,21H,5-6H2,1-4H3,(H,25,28)(H,26,32). The summed E-state index contributed by atoms with van der Waals surface area (Å²) < 4.78 is 10.5. The number of benzene rings is 2. The van der Waals surface area contributed by atoms with Crippen LogP contribution in [0.25, 0.3) is 0 Å². The number of thiocarbonyl (C=S) groups is 1. The molecule has 1 heterocycles.